The van der Waals surface area contributed by atoms with Gasteiger partial charge in [0.25, 0.3) is 5.56 Å². The van der Waals surface area contributed by atoms with Gasteiger partial charge < -0.3 is 9.80 Å². The Balaban J connectivity index is 1.27. The SMILES string of the molecule is Cc1ccc(Cl)cc1-n1nc(-c2c(C)nc3scc(CC(=O)N4CCN(c5ccccc5F)CC4)n3c2=O)cc1C. The summed E-state index contributed by atoms with van der Waals surface area (Å²) in [4.78, 5) is 36.1. The van der Waals surface area contributed by atoms with Crippen LogP contribution in [-0.2, 0) is 11.2 Å². The minimum Gasteiger partial charge on any atom is -0.366 e. The maximum Gasteiger partial charge on any atom is 0.268 e. The molecule has 2 aromatic carbocycles. The first-order valence-electron chi connectivity index (χ1n) is 13.3. The van der Waals surface area contributed by atoms with Gasteiger partial charge in [0.2, 0.25) is 5.91 Å². The molecule has 11 heteroatoms. The number of anilines is 1. The van der Waals surface area contributed by atoms with Crippen molar-refractivity contribution in [1.29, 1.82) is 0 Å². The number of hydrogen-bond acceptors (Lipinski definition) is 6. The molecule has 1 saturated heterocycles. The van der Waals surface area contributed by atoms with Crippen LogP contribution in [-0.4, -0.2) is 56.2 Å². The standard InChI is InChI=1S/C30H28ClFN6O2S/c1-18-8-9-21(31)15-26(18)38-19(2)14-24(34-38)28-20(3)33-30-37(29(28)40)22(17-41-30)16-27(39)36-12-10-35(11-13-36)25-7-5-4-6-23(25)32/h4-9,14-15,17H,10-13,16H2,1-3H3. The van der Waals surface area contributed by atoms with E-state index >= 15 is 0 Å². The molecule has 0 unspecified atom stereocenters. The maximum atomic E-state index is 14.2. The molecule has 4 heterocycles. The van der Waals surface area contributed by atoms with E-state index in [1.807, 2.05) is 54.5 Å². The van der Waals surface area contributed by atoms with Crippen LogP contribution < -0.4 is 10.5 Å². The van der Waals surface area contributed by atoms with Crippen molar-refractivity contribution in [3.05, 3.63) is 97.7 Å². The number of piperazine rings is 1. The summed E-state index contributed by atoms with van der Waals surface area (Å²) in [5, 5.41) is 7.19. The van der Waals surface area contributed by atoms with Crippen molar-refractivity contribution >= 4 is 39.5 Å². The van der Waals surface area contributed by atoms with Crippen molar-refractivity contribution in [3.63, 3.8) is 0 Å². The predicted octanol–water partition coefficient (Wildman–Crippen LogP) is 5.22. The number of benzene rings is 2. The zero-order chi connectivity index (χ0) is 28.8. The highest BCUT2D eigenvalue weighted by Gasteiger charge is 2.25. The molecule has 6 rings (SSSR count). The van der Waals surface area contributed by atoms with Gasteiger partial charge in [-0.25, -0.2) is 14.1 Å². The van der Waals surface area contributed by atoms with Crippen molar-refractivity contribution in [2.45, 2.75) is 27.2 Å². The van der Waals surface area contributed by atoms with Gasteiger partial charge in [0, 0.05) is 48.0 Å². The molecule has 0 aliphatic carbocycles. The van der Waals surface area contributed by atoms with Gasteiger partial charge >= 0.3 is 0 Å². The third kappa shape index (κ3) is 5.02. The number of thiazole rings is 1. The van der Waals surface area contributed by atoms with Crippen LogP contribution in [0.4, 0.5) is 10.1 Å². The van der Waals surface area contributed by atoms with Gasteiger partial charge in [0.05, 0.1) is 29.1 Å². The highest BCUT2D eigenvalue weighted by atomic mass is 35.5. The average molecular weight is 591 g/mol. The number of hydrogen-bond donors (Lipinski definition) is 0. The number of fused-ring (bicyclic) bond motifs is 1. The van der Waals surface area contributed by atoms with E-state index in [0.29, 0.717) is 64.5 Å². The number of carbonyl (C=O) groups is 1. The quantitative estimate of drug-likeness (QED) is 0.281. The van der Waals surface area contributed by atoms with E-state index in [-0.39, 0.29) is 23.7 Å². The summed E-state index contributed by atoms with van der Waals surface area (Å²) < 4.78 is 17.5. The summed E-state index contributed by atoms with van der Waals surface area (Å²) in [5.41, 5.74) is 5.06. The number of para-hydroxylation sites is 1. The molecule has 3 aromatic heterocycles. The van der Waals surface area contributed by atoms with Crippen molar-refractivity contribution in [3.8, 4) is 16.9 Å². The molecule has 41 heavy (non-hydrogen) atoms. The second-order valence-electron chi connectivity index (χ2n) is 10.2. The fourth-order valence-corrected chi connectivity index (χ4v) is 6.44. The van der Waals surface area contributed by atoms with E-state index in [2.05, 4.69) is 0 Å². The van der Waals surface area contributed by atoms with Crippen LogP contribution >= 0.6 is 22.9 Å². The molecule has 1 aliphatic heterocycles. The van der Waals surface area contributed by atoms with Gasteiger partial charge in [-0.2, -0.15) is 5.10 Å². The Morgan fingerprint density at radius 1 is 1.02 bits per heavy atom. The third-order valence-electron chi connectivity index (χ3n) is 7.52. The highest BCUT2D eigenvalue weighted by Crippen LogP contribution is 2.26. The lowest BCUT2D eigenvalue weighted by Crippen LogP contribution is -2.49. The minimum absolute atomic E-state index is 0.0684. The Labute approximate surface area is 245 Å². The molecule has 0 bridgehead atoms. The zero-order valence-electron chi connectivity index (χ0n) is 22.9. The smallest absolute Gasteiger partial charge is 0.268 e. The van der Waals surface area contributed by atoms with Crippen molar-refractivity contribution in [2.75, 3.05) is 31.1 Å². The minimum atomic E-state index is -0.266. The Hall–Kier alpha value is -4.02. The van der Waals surface area contributed by atoms with Crippen LogP contribution in [0, 0.1) is 26.6 Å². The highest BCUT2D eigenvalue weighted by molar-refractivity contribution is 7.15. The van der Waals surface area contributed by atoms with Crippen LogP contribution in [0.25, 0.3) is 21.9 Å². The van der Waals surface area contributed by atoms with Crippen LogP contribution in [0.5, 0.6) is 0 Å². The maximum absolute atomic E-state index is 14.2. The van der Waals surface area contributed by atoms with Gasteiger partial charge in [-0.1, -0.05) is 29.8 Å². The molecular weight excluding hydrogens is 563 g/mol. The molecule has 0 saturated carbocycles. The van der Waals surface area contributed by atoms with E-state index in [9.17, 15) is 14.0 Å². The Morgan fingerprint density at radius 3 is 2.54 bits per heavy atom. The van der Waals surface area contributed by atoms with E-state index in [1.165, 1.54) is 21.8 Å². The average Bonchev–Trinajstić information content (AvgIpc) is 3.53. The van der Waals surface area contributed by atoms with Crippen molar-refractivity contribution in [1.82, 2.24) is 24.1 Å². The van der Waals surface area contributed by atoms with Crippen LogP contribution in [0.2, 0.25) is 5.02 Å². The van der Waals surface area contributed by atoms with E-state index in [1.54, 1.807) is 28.6 Å². The first-order valence-corrected chi connectivity index (χ1v) is 14.6. The molecule has 1 aliphatic rings. The largest absolute Gasteiger partial charge is 0.366 e. The summed E-state index contributed by atoms with van der Waals surface area (Å²) in [6.07, 6.45) is 0.0684. The molecule has 8 nitrogen and oxygen atoms in total. The molecule has 0 N–H and O–H groups in total. The molecule has 1 amide bonds. The second kappa shape index (κ2) is 10.8. The lowest BCUT2D eigenvalue weighted by Gasteiger charge is -2.36. The van der Waals surface area contributed by atoms with E-state index < -0.39 is 0 Å². The molecule has 5 aromatic rings. The Bertz CT molecular complexity index is 1850. The zero-order valence-corrected chi connectivity index (χ0v) is 24.5. The topological polar surface area (TPSA) is 75.7 Å². The number of aryl methyl sites for hydroxylation is 3. The number of halogens is 2. The lowest BCUT2D eigenvalue weighted by atomic mass is 10.1. The van der Waals surface area contributed by atoms with Gasteiger partial charge in [-0.05, 0) is 56.7 Å². The summed E-state index contributed by atoms with van der Waals surface area (Å²) in [7, 11) is 0. The molecule has 0 atom stereocenters. The van der Waals surface area contributed by atoms with Crippen LogP contribution in [0.3, 0.4) is 0 Å². The summed E-state index contributed by atoms with van der Waals surface area (Å²) in [5.74, 6) is -0.346. The lowest BCUT2D eigenvalue weighted by molar-refractivity contribution is -0.130. The number of amides is 1. The first kappa shape index (κ1) is 27.2. The normalized spacial score (nSPS) is 13.8. The molecule has 210 valence electrons. The van der Waals surface area contributed by atoms with E-state index in [0.717, 1.165) is 16.9 Å². The third-order valence-corrected chi connectivity index (χ3v) is 8.63. The van der Waals surface area contributed by atoms with Gasteiger partial charge in [-0.3, -0.25) is 14.0 Å². The number of aromatic nitrogens is 4. The molecule has 1 fully saturated rings. The predicted molar refractivity (Wildman–Crippen MR) is 160 cm³/mol. The first-order chi connectivity index (χ1) is 19.7. The summed E-state index contributed by atoms with van der Waals surface area (Å²) in [6, 6.07) is 14.1. The monoisotopic (exact) mass is 590 g/mol. The summed E-state index contributed by atoms with van der Waals surface area (Å²) in [6.45, 7) is 7.74. The van der Waals surface area contributed by atoms with Crippen LogP contribution in [0.1, 0.15) is 22.6 Å². The van der Waals surface area contributed by atoms with Gasteiger partial charge in [-0.15, -0.1) is 11.3 Å². The molecule has 0 spiro atoms. The van der Waals surface area contributed by atoms with Crippen molar-refractivity contribution < 1.29 is 9.18 Å². The van der Waals surface area contributed by atoms with Crippen LogP contribution in [0.15, 0.2) is 58.7 Å². The number of carbonyl (C=O) groups excluding carboxylic acids is 1. The number of nitrogens with zero attached hydrogens (tertiary/aromatic N) is 6. The number of rotatable bonds is 5. The van der Waals surface area contributed by atoms with Crippen molar-refractivity contribution in [2.24, 2.45) is 0 Å². The molecular formula is C30H28ClFN6O2S. The second-order valence-corrected chi connectivity index (χ2v) is 11.5. The fourth-order valence-electron chi connectivity index (χ4n) is 5.35. The van der Waals surface area contributed by atoms with Gasteiger partial charge in [0.1, 0.15) is 11.5 Å². The Kier molecular flexibility index (Phi) is 7.13. The van der Waals surface area contributed by atoms with Gasteiger partial charge in [0.15, 0.2) is 4.96 Å². The Morgan fingerprint density at radius 2 is 1.78 bits per heavy atom. The van der Waals surface area contributed by atoms with E-state index in [4.69, 9.17) is 21.7 Å². The molecule has 0 radical (unpaired) electrons. The summed E-state index contributed by atoms with van der Waals surface area (Å²) >= 11 is 7.58. The fraction of sp³-hybridized carbons (Fsp3) is 0.267.